The van der Waals surface area contributed by atoms with Crippen molar-refractivity contribution in [2.75, 3.05) is 26.8 Å². The number of carbonyl (C=O) groups excluding carboxylic acids is 1. The van der Waals surface area contributed by atoms with Crippen LogP contribution >= 0.6 is 12.4 Å². The summed E-state index contributed by atoms with van der Waals surface area (Å²) in [5.74, 6) is 0.187. The molecule has 0 spiro atoms. The minimum atomic E-state index is -3.37. The topological polar surface area (TPSA) is 102 Å². The van der Waals surface area contributed by atoms with Crippen LogP contribution in [0.15, 0.2) is 24.3 Å². The highest BCUT2D eigenvalue weighted by Gasteiger charge is 2.27. The molecule has 1 aromatic rings. The summed E-state index contributed by atoms with van der Waals surface area (Å²) in [5, 5.41) is 2.74. The number of carbonyl (C=O) groups is 1. The number of sulfonamides is 1. The number of piperidine rings is 1. The summed E-state index contributed by atoms with van der Waals surface area (Å²) in [6.45, 7) is 3.67. The largest absolute Gasteiger partial charge is 0.383 e. The molecule has 0 radical (unpaired) electrons. The monoisotopic (exact) mass is 419 g/mol. The zero-order chi connectivity index (χ0) is 19.2. The summed E-state index contributed by atoms with van der Waals surface area (Å²) < 4.78 is 31.9. The third-order valence-electron chi connectivity index (χ3n) is 4.73. The van der Waals surface area contributed by atoms with Gasteiger partial charge in [-0.15, -0.1) is 12.4 Å². The molecule has 0 aliphatic carbocycles. The molecule has 1 amide bonds. The second kappa shape index (κ2) is 11.0. The van der Waals surface area contributed by atoms with Crippen molar-refractivity contribution >= 4 is 28.3 Å². The van der Waals surface area contributed by atoms with Crippen LogP contribution in [0.1, 0.15) is 30.9 Å². The van der Waals surface area contributed by atoms with Crippen LogP contribution < -0.4 is 11.1 Å². The SMILES string of the molecule is COCC(N)C(=O)NCc1ccccc1CS(=O)(=O)N1CCC(C)CC1.Cl. The van der Waals surface area contributed by atoms with E-state index in [0.29, 0.717) is 24.6 Å². The van der Waals surface area contributed by atoms with Crippen molar-refractivity contribution in [3.05, 3.63) is 35.4 Å². The third-order valence-corrected chi connectivity index (χ3v) is 6.56. The van der Waals surface area contributed by atoms with Gasteiger partial charge in [0.2, 0.25) is 15.9 Å². The van der Waals surface area contributed by atoms with Gasteiger partial charge < -0.3 is 15.8 Å². The molecule has 7 nitrogen and oxygen atoms in total. The molecule has 1 fully saturated rings. The highest BCUT2D eigenvalue weighted by atomic mass is 35.5. The van der Waals surface area contributed by atoms with E-state index < -0.39 is 16.1 Å². The smallest absolute Gasteiger partial charge is 0.239 e. The number of methoxy groups -OCH3 is 1. The van der Waals surface area contributed by atoms with Gasteiger partial charge in [0.25, 0.3) is 0 Å². The van der Waals surface area contributed by atoms with Crippen LogP contribution in [0.2, 0.25) is 0 Å². The average Bonchev–Trinajstić information content (AvgIpc) is 2.61. The van der Waals surface area contributed by atoms with Crippen LogP contribution in [-0.2, 0) is 31.9 Å². The Labute approximate surface area is 168 Å². The number of hydrogen-bond donors (Lipinski definition) is 2. The van der Waals surface area contributed by atoms with E-state index in [1.165, 1.54) is 7.11 Å². The van der Waals surface area contributed by atoms with E-state index in [4.69, 9.17) is 10.5 Å². The Kier molecular flexibility index (Phi) is 9.69. The molecule has 0 bridgehead atoms. The summed E-state index contributed by atoms with van der Waals surface area (Å²) in [6, 6.07) is 6.51. The van der Waals surface area contributed by atoms with Crippen molar-refractivity contribution < 1.29 is 17.9 Å². The van der Waals surface area contributed by atoms with E-state index in [0.717, 1.165) is 18.4 Å². The number of nitrogens with two attached hydrogens (primary N) is 1. The van der Waals surface area contributed by atoms with Crippen LogP contribution in [-0.4, -0.2) is 51.5 Å². The molecule has 154 valence electrons. The number of ether oxygens (including phenoxy) is 1. The van der Waals surface area contributed by atoms with Crippen molar-refractivity contribution in [3.63, 3.8) is 0 Å². The molecule has 1 atom stereocenters. The maximum atomic E-state index is 12.7. The quantitative estimate of drug-likeness (QED) is 0.660. The first-order chi connectivity index (χ1) is 12.3. The molecule has 0 aromatic heterocycles. The van der Waals surface area contributed by atoms with Gasteiger partial charge in [0.1, 0.15) is 6.04 Å². The molecule has 1 heterocycles. The van der Waals surface area contributed by atoms with Gasteiger partial charge in [-0.25, -0.2) is 12.7 Å². The molecule has 0 saturated carbocycles. The highest BCUT2D eigenvalue weighted by molar-refractivity contribution is 7.88. The lowest BCUT2D eigenvalue weighted by atomic mass is 10.0. The molecular formula is C18H30ClN3O4S. The molecule has 9 heteroatoms. The van der Waals surface area contributed by atoms with Crippen molar-refractivity contribution in [1.29, 1.82) is 0 Å². The Balaban J connectivity index is 0.00000364. The fourth-order valence-corrected chi connectivity index (χ4v) is 4.61. The number of hydrogen-bond acceptors (Lipinski definition) is 5. The molecule has 27 heavy (non-hydrogen) atoms. The van der Waals surface area contributed by atoms with Crippen LogP contribution in [0.25, 0.3) is 0 Å². The standard InChI is InChI=1S/C18H29N3O4S.ClH/c1-14-7-9-21(10-8-14)26(23,24)13-16-6-4-3-5-15(16)11-20-18(22)17(19)12-25-2;/h3-6,14,17H,7-13,19H2,1-2H3,(H,20,22);1H. The van der Waals surface area contributed by atoms with E-state index in [2.05, 4.69) is 12.2 Å². The van der Waals surface area contributed by atoms with Gasteiger partial charge in [0.15, 0.2) is 0 Å². The second-order valence-electron chi connectivity index (χ2n) is 6.89. The molecule has 1 unspecified atom stereocenters. The first-order valence-electron chi connectivity index (χ1n) is 8.90. The fraction of sp³-hybridized carbons (Fsp3) is 0.611. The van der Waals surface area contributed by atoms with Crippen LogP contribution in [0.3, 0.4) is 0 Å². The number of nitrogens with one attached hydrogen (secondary N) is 1. The van der Waals surface area contributed by atoms with E-state index >= 15 is 0 Å². The Morgan fingerprint density at radius 2 is 1.89 bits per heavy atom. The maximum Gasteiger partial charge on any atom is 0.239 e. The number of rotatable bonds is 8. The third kappa shape index (κ3) is 7.04. The first-order valence-corrected chi connectivity index (χ1v) is 10.5. The number of nitrogens with zero attached hydrogens (tertiary/aromatic N) is 1. The number of benzene rings is 1. The van der Waals surface area contributed by atoms with Crippen LogP contribution in [0.4, 0.5) is 0 Å². The minimum absolute atomic E-state index is 0. The highest BCUT2D eigenvalue weighted by Crippen LogP contribution is 2.22. The lowest BCUT2D eigenvalue weighted by molar-refractivity contribution is -0.123. The van der Waals surface area contributed by atoms with Crippen molar-refractivity contribution in [2.24, 2.45) is 11.7 Å². The molecular weight excluding hydrogens is 390 g/mol. The lowest BCUT2D eigenvalue weighted by Gasteiger charge is -2.29. The summed E-state index contributed by atoms with van der Waals surface area (Å²) >= 11 is 0. The van der Waals surface area contributed by atoms with Gasteiger partial charge in [-0.3, -0.25) is 4.79 Å². The van der Waals surface area contributed by atoms with E-state index in [9.17, 15) is 13.2 Å². The van der Waals surface area contributed by atoms with Crippen molar-refractivity contribution in [1.82, 2.24) is 9.62 Å². The molecule has 2 rings (SSSR count). The van der Waals surface area contributed by atoms with E-state index in [1.54, 1.807) is 10.4 Å². The Hall–Kier alpha value is -1.19. The maximum absolute atomic E-state index is 12.7. The number of halogens is 1. The predicted molar refractivity (Wildman–Crippen MR) is 108 cm³/mol. The van der Waals surface area contributed by atoms with Gasteiger partial charge in [-0.05, 0) is 29.9 Å². The van der Waals surface area contributed by atoms with Crippen LogP contribution in [0, 0.1) is 5.92 Å². The molecule has 1 saturated heterocycles. The summed E-state index contributed by atoms with van der Waals surface area (Å²) in [5.41, 5.74) is 7.18. The van der Waals surface area contributed by atoms with Gasteiger partial charge >= 0.3 is 0 Å². The van der Waals surface area contributed by atoms with Crippen molar-refractivity contribution in [3.8, 4) is 0 Å². The number of amides is 1. The van der Waals surface area contributed by atoms with Crippen LogP contribution in [0.5, 0.6) is 0 Å². The zero-order valence-corrected chi connectivity index (χ0v) is 17.5. The molecule has 3 N–H and O–H groups in total. The van der Waals surface area contributed by atoms with E-state index in [1.807, 2.05) is 18.2 Å². The summed E-state index contributed by atoms with van der Waals surface area (Å²) in [4.78, 5) is 11.9. The Bertz CT molecular complexity index is 706. The Morgan fingerprint density at radius 3 is 2.48 bits per heavy atom. The fourth-order valence-electron chi connectivity index (χ4n) is 2.99. The zero-order valence-electron chi connectivity index (χ0n) is 15.9. The molecule has 1 aliphatic rings. The van der Waals surface area contributed by atoms with Gasteiger partial charge in [-0.1, -0.05) is 31.2 Å². The summed E-state index contributed by atoms with van der Waals surface area (Å²) in [6.07, 6.45) is 1.79. The van der Waals surface area contributed by atoms with E-state index in [-0.39, 0.29) is 37.2 Å². The lowest BCUT2D eigenvalue weighted by Crippen LogP contribution is -2.43. The predicted octanol–water partition coefficient (Wildman–Crippen LogP) is 1.26. The van der Waals surface area contributed by atoms with Gasteiger partial charge in [-0.2, -0.15) is 0 Å². The molecule has 1 aromatic carbocycles. The normalized spacial score (nSPS) is 17.1. The summed E-state index contributed by atoms with van der Waals surface area (Å²) in [7, 11) is -1.89. The average molecular weight is 420 g/mol. The molecule has 1 aliphatic heterocycles. The van der Waals surface area contributed by atoms with Crippen molar-refractivity contribution in [2.45, 2.75) is 38.1 Å². The van der Waals surface area contributed by atoms with Gasteiger partial charge in [0.05, 0.1) is 12.4 Å². The second-order valence-corrected chi connectivity index (χ2v) is 8.86. The Morgan fingerprint density at radius 1 is 1.30 bits per heavy atom. The minimum Gasteiger partial charge on any atom is -0.383 e. The van der Waals surface area contributed by atoms with Gasteiger partial charge in [0, 0.05) is 26.7 Å². The first kappa shape index (κ1) is 23.8.